The molecular weight excluding hydrogens is 400 g/mol. The van der Waals surface area contributed by atoms with E-state index in [2.05, 4.69) is 10.6 Å². The molecule has 1 aliphatic rings. The number of carbonyl (C=O) groups is 4. The zero-order valence-electron chi connectivity index (χ0n) is 16.1. The summed E-state index contributed by atoms with van der Waals surface area (Å²) in [5.41, 5.74) is 0. The van der Waals surface area contributed by atoms with Crippen molar-refractivity contribution in [1.82, 2.24) is 10.6 Å². The molecule has 0 radical (unpaired) electrons. The van der Waals surface area contributed by atoms with Gasteiger partial charge in [-0.25, -0.2) is 4.79 Å². The number of urea groups is 1. The normalized spacial score (nSPS) is 26.7. The van der Waals surface area contributed by atoms with E-state index in [1.54, 1.807) is 0 Å². The Bertz CT molecular complexity index is 574. The number of alkyl halides is 1. The molecule has 0 aromatic rings. The molecule has 11 nitrogen and oxygen atoms in total. The minimum atomic E-state index is -1.14. The van der Waals surface area contributed by atoms with Crippen molar-refractivity contribution in [3.05, 3.63) is 0 Å². The molecule has 1 saturated heterocycles. The smallest absolute Gasteiger partial charge is 0.315 e. The SMILES string of the molecule is COC1OC(COC(C)=O)C(OC(C)=O)C(NC(=O)NCCCl)C1OC(C)=O. The monoisotopic (exact) mass is 424 g/mol. The Morgan fingerprint density at radius 3 is 2.11 bits per heavy atom. The summed E-state index contributed by atoms with van der Waals surface area (Å²) in [5, 5.41) is 5.08. The quantitative estimate of drug-likeness (QED) is 0.305. The zero-order chi connectivity index (χ0) is 21.3. The molecule has 0 spiro atoms. The lowest BCUT2D eigenvalue weighted by molar-refractivity contribution is -0.278. The van der Waals surface area contributed by atoms with Gasteiger partial charge in [0.1, 0.15) is 18.8 Å². The first-order chi connectivity index (χ1) is 13.2. The molecule has 0 saturated carbocycles. The predicted molar refractivity (Wildman–Crippen MR) is 94.5 cm³/mol. The predicted octanol–water partition coefficient (Wildman–Crippen LogP) is -0.309. The molecule has 160 valence electrons. The lowest BCUT2D eigenvalue weighted by Crippen LogP contribution is -2.67. The molecule has 0 bridgehead atoms. The first kappa shape index (κ1) is 23.9. The third kappa shape index (κ3) is 7.49. The van der Waals surface area contributed by atoms with Crippen LogP contribution in [0, 0.1) is 0 Å². The van der Waals surface area contributed by atoms with Gasteiger partial charge in [0.05, 0.1) is 0 Å². The molecular formula is C16H25ClN2O9. The Labute approximate surface area is 167 Å². The Kier molecular flexibility index (Phi) is 9.97. The van der Waals surface area contributed by atoms with Crippen LogP contribution in [-0.4, -0.2) is 80.7 Å². The van der Waals surface area contributed by atoms with Gasteiger partial charge in [0.2, 0.25) is 0 Å². The van der Waals surface area contributed by atoms with Crippen molar-refractivity contribution in [2.24, 2.45) is 0 Å². The topological polar surface area (TPSA) is 138 Å². The van der Waals surface area contributed by atoms with E-state index in [4.69, 9.17) is 35.3 Å². The molecule has 1 fully saturated rings. The fourth-order valence-corrected chi connectivity index (χ4v) is 2.72. The minimum absolute atomic E-state index is 0.178. The van der Waals surface area contributed by atoms with Crippen LogP contribution >= 0.6 is 11.6 Å². The summed E-state index contributed by atoms with van der Waals surface area (Å²) < 4.78 is 26.4. The van der Waals surface area contributed by atoms with Crippen LogP contribution in [0.3, 0.4) is 0 Å². The maximum atomic E-state index is 12.2. The summed E-state index contributed by atoms with van der Waals surface area (Å²) in [7, 11) is 1.31. The van der Waals surface area contributed by atoms with Crippen molar-refractivity contribution in [2.45, 2.75) is 51.4 Å². The number of halogens is 1. The van der Waals surface area contributed by atoms with Gasteiger partial charge in [0, 0.05) is 40.3 Å². The van der Waals surface area contributed by atoms with Crippen molar-refractivity contribution >= 4 is 35.5 Å². The molecule has 0 aromatic heterocycles. The van der Waals surface area contributed by atoms with Gasteiger partial charge in [-0.2, -0.15) is 0 Å². The Morgan fingerprint density at radius 1 is 1.00 bits per heavy atom. The number of nitrogens with one attached hydrogen (secondary N) is 2. The summed E-state index contributed by atoms with van der Waals surface area (Å²) in [6.07, 6.45) is -4.37. The van der Waals surface area contributed by atoms with Crippen LogP contribution in [0.1, 0.15) is 20.8 Å². The Morgan fingerprint density at radius 2 is 1.61 bits per heavy atom. The summed E-state index contributed by atoms with van der Waals surface area (Å²) >= 11 is 5.55. The molecule has 1 heterocycles. The van der Waals surface area contributed by atoms with Crippen molar-refractivity contribution in [2.75, 3.05) is 26.1 Å². The maximum absolute atomic E-state index is 12.2. The second-order valence-corrected chi connectivity index (χ2v) is 6.22. The van der Waals surface area contributed by atoms with Gasteiger partial charge in [-0.05, 0) is 0 Å². The number of methoxy groups -OCH3 is 1. The number of carbonyl (C=O) groups excluding carboxylic acids is 4. The van der Waals surface area contributed by atoms with E-state index in [1.165, 1.54) is 21.0 Å². The summed E-state index contributed by atoms with van der Waals surface area (Å²) in [6, 6.07) is -1.69. The van der Waals surface area contributed by atoms with Crippen LogP contribution in [0.25, 0.3) is 0 Å². The number of hydrogen-bond donors (Lipinski definition) is 2. The molecule has 0 aromatic carbocycles. The number of ether oxygens (including phenoxy) is 5. The lowest BCUT2D eigenvalue weighted by Gasteiger charge is -2.44. The van der Waals surface area contributed by atoms with E-state index < -0.39 is 54.6 Å². The molecule has 1 rings (SSSR count). The molecule has 28 heavy (non-hydrogen) atoms. The number of rotatable bonds is 8. The molecule has 1 aliphatic heterocycles. The Hall–Kier alpha value is -2.11. The van der Waals surface area contributed by atoms with Crippen molar-refractivity contribution < 1.29 is 42.9 Å². The number of amides is 2. The standard InChI is InChI=1S/C16H25ClN2O9/c1-8(20)25-7-11-13(26-9(2)21)12(19-16(23)18-6-5-17)14(27-10(3)22)15(24-4)28-11/h11-15H,5-7H2,1-4H3,(H2,18,19,23). The van der Waals surface area contributed by atoms with E-state index in [0.717, 1.165) is 6.92 Å². The summed E-state index contributed by atoms with van der Waals surface area (Å²) in [6.45, 7) is 3.44. The largest absolute Gasteiger partial charge is 0.463 e. The van der Waals surface area contributed by atoms with Crippen molar-refractivity contribution in [3.8, 4) is 0 Å². The van der Waals surface area contributed by atoms with Gasteiger partial charge in [-0.1, -0.05) is 0 Å². The first-order valence-corrected chi connectivity index (χ1v) is 8.99. The van der Waals surface area contributed by atoms with E-state index in [0.29, 0.717) is 0 Å². The highest BCUT2D eigenvalue weighted by atomic mass is 35.5. The average Bonchev–Trinajstić information content (AvgIpc) is 2.60. The molecule has 5 unspecified atom stereocenters. The summed E-state index contributed by atoms with van der Waals surface area (Å²) in [5.74, 6) is -1.74. The van der Waals surface area contributed by atoms with E-state index >= 15 is 0 Å². The number of hydrogen-bond acceptors (Lipinski definition) is 9. The highest BCUT2D eigenvalue weighted by molar-refractivity contribution is 6.18. The molecule has 5 atom stereocenters. The van der Waals surface area contributed by atoms with Crippen molar-refractivity contribution in [1.29, 1.82) is 0 Å². The third-order valence-corrected chi connectivity index (χ3v) is 3.81. The van der Waals surface area contributed by atoms with Crippen molar-refractivity contribution in [3.63, 3.8) is 0 Å². The van der Waals surface area contributed by atoms with E-state index in [-0.39, 0.29) is 19.0 Å². The fraction of sp³-hybridized carbons (Fsp3) is 0.750. The van der Waals surface area contributed by atoms with Crippen LogP contribution in [-0.2, 0) is 38.1 Å². The second kappa shape index (κ2) is 11.7. The minimum Gasteiger partial charge on any atom is -0.463 e. The van der Waals surface area contributed by atoms with E-state index in [1.807, 2.05) is 0 Å². The van der Waals surface area contributed by atoms with Gasteiger partial charge >= 0.3 is 23.9 Å². The van der Waals surface area contributed by atoms with Gasteiger partial charge in [-0.15, -0.1) is 11.6 Å². The second-order valence-electron chi connectivity index (χ2n) is 5.84. The maximum Gasteiger partial charge on any atom is 0.315 e. The van der Waals surface area contributed by atoms with Crippen LogP contribution in [0.2, 0.25) is 0 Å². The first-order valence-electron chi connectivity index (χ1n) is 8.46. The van der Waals surface area contributed by atoms with Crippen LogP contribution in [0.15, 0.2) is 0 Å². The Balaban J connectivity index is 3.19. The molecule has 12 heteroatoms. The van der Waals surface area contributed by atoms with Gasteiger partial charge < -0.3 is 34.3 Å². The molecule has 2 N–H and O–H groups in total. The van der Waals surface area contributed by atoms with Crippen LogP contribution in [0.4, 0.5) is 4.79 Å². The van der Waals surface area contributed by atoms with Crippen LogP contribution in [0.5, 0.6) is 0 Å². The fourth-order valence-electron chi connectivity index (χ4n) is 2.63. The van der Waals surface area contributed by atoms with Gasteiger partial charge in [0.15, 0.2) is 18.5 Å². The third-order valence-electron chi connectivity index (χ3n) is 3.62. The van der Waals surface area contributed by atoms with Gasteiger partial charge in [0.25, 0.3) is 0 Å². The zero-order valence-corrected chi connectivity index (χ0v) is 16.8. The molecule has 2 amide bonds. The highest BCUT2D eigenvalue weighted by Gasteiger charge is 2.51. The lowest BCUT2D eigenvalue weighted by atomic mass is 9.95. The number of esters is 3. The highest BCUT2D eigenvalue weighted by Crippen LogP contribution is 2.27. The summed E-state index contributed by atoms with van der Waals surface area (Å²) in [4.78, 5) is 46.5. The average molecular weight is 425 g/mol. The van der Waals surface area contributed by atoms with Gasteiger partial charge in [-0.3, -0.25) is 14.4 Å². The molecule has 0 aliphatic carbocycles. The van der Waals surface area contributed by atoms with Crippen LogP contribution < -0.4 is 10.6 Å². The van der Waals surface area contributed by atoms with E-state index in [9.17, 15) is 19.2 Å².